The molecule has 1 fully saturated rings. The molecule has 24 heavy (non-hydrogen) atoms. The van der Waals surface area contributed by atoms with Crippen molar-refractivity contribution in [2.45, 2.75) is 32.2 Å². The summed E-state index contributed by atoms with van der Waals surface area (Å²) in [5.41, 5.74) is 2.64. The van der Waals surface area contributed by atoms with Gasteiger partial charge in [-0.1, -0.05) is 17.7 Å². The second-order valence-corrected chi connectivity index (χ2v) is 7.10. The van der Waals surface area contributed by atoms with E-state index in [1.54, 1.807) is 0 Å². The SMILES string of the molecule is CN=C(NCCCSC)NC1CCCN(c2ccc(C)cc2)C1.I. The third kappa shape index (κ3) is 7.09. The zero-order valence-corrected chi connectivity index (χ0v) is 18.2. The average molecular weight is 462 g/mol. The third-order valence-corrected chi connectivity index (χ3v) is 4.90. The van der Waals surface area contributed by atoms with Crippen molar-refractivity contribution >= 4 is 47.4 Å². The molecule has 1 aromatic carbocycles. The van der Waals surface area contributed by atoms with Crippen molar-refractivity contribution in [1.82, 2.24) is 10.6 Å². The van der Waals surface area contributed by atoms with Crippen LogP contribution >= 0.6 is 35.7 Å². The number of rotatable bonds is 6. The first kappa shape index (κ1) is 21.4. The maximum Gasteiger partial charge on any atom is 0.191 e. The van der Waals surface area contributed by atoms with Crippen LogP contribution in [0.3, 0.4) is 0 Å². The van der Waals surface area contributed by atoms with Crippen LogP contribution in [-0.2, 0) is 0 Å². The van der Waals surface area contributed by atoms with Gasteiger partial charge in [-0.25, -0.2) is 0 Å². The van der Waals surface area contributed by atoms with Crippen LogP contribution in [0, 0.1) is 6.92 Å². The quantitative estimate of drug-likeness (QED) is 0.294. The Morgan fingerprint density at radius 1 is 1.33 bits per heavy atom. The van der Waals surface area contributed by atoms with E-state index >= 15 is 0 Å². The second-order valence-electron chi connectivity index (χ2n) is 6.11. The van der Waals surface area contributed by atoms with Crippen molar-refractivity contribution in [1.29, 1.82) is 0 Å². The number of hydrogen-bond donors (Lipinski definition) is 2. The van der Waals surface area contributed by atoms with Gasteiger partial charge in [0, 0.05) is 38.4 Å². The summed E-state index contributed by atoms with van der Waals surface area (Å²) in [6, 6.07) is 9.30. The van der Waals surface area contributed by atoms with Gasteiger partial charge in [-0.05, 0) is 50.3 Å². The highest BCUT2D eigenvalue weighted by Gasteiger charge is 2.20. The van der Waals surface area contributed by atoms with Crippen molar-refractivity contribution in [3.63, 3.8) is 0 Å². The van der Waals surface area contributed by atoms with Gasteiger partial charge in [0.2, 0.25) is 0 Å². The van der Waals surface area contributed by atoms with Crippen LogP contribution in [0.15, 0.2) is 29.3 Å². The van der Waals surface area contributed by atoms with Crippen molar-refractivity contribution in [3.8, 4) is 0 Å². The summed E-state index contributed by atoms with van der Waals surface area (Å²) in [6.45, 7) is 5.29. The summed E-state index contributed by atoms with van der Waals surface area (Å²) in [6.07, 6.45) is 5.74. The lowest BCUT2D eigenvalue weighted by Crippen LogP contribution is -2.51. The molecule has 1 atom stereocenters. The fourth-order valence-electron chi connectivity index (χ4n) is 2.90. The molecule has 1 saturated heterocycles. The standard InChI is InChI=1S/C18H30N4S.HI/c1-15-7-9-17(10-8-15)22-12-4-6-16(14-22)21-18(19-2)20-11-5-13-23-3;/h7-10,16H,4-6,11-14H2,1-3H3,(H2,19,20,21);1H. The highest BCUT2D eigenvalue weighted by molar-refractivity contribution is 14.0. The third-order valence-electron chi connectivity index (χ3n) is 4.20. The molecule has 1 aliphatic heterocycles. The normalized spacial score (nSPS) is 18.0. The van der Waals surface area contributed by atoms with E-state index in [9.17, 15) is 0 Å². The average Bonchev–Trinajstić information content (AvgIpc) is 2.58. The minimum Gasteiger partial charge on any atom is -0.369 e. The molecule has 4 nitrogen and oxygen atoms in total. The molecule has 1 aromatic rings. The number of nitrogens with one attached hydrogen (secondary N) is 2. The van der Waals surface area contributed by atoms with Gasteiger partial charge in [-0.2, -0.15) is 11.8 Å². The molecular weight excluding hydrogens is 431 g/mol. The summed E-state index contributed by atoms with van der Waals surface area (Å²) >= 11 is 1.89. The maximum absolute atomic E-state index is 4.36. The molecule has 2 rings (SSSR count). The van der Waals surface area contributed by atoms with Crippen LogP contribution in [0.5, 0.6) is 0 Å². The van der Waals surface area contributed by atoms with Crippen LogP contribution < -0.4 is 15.5 Å². The van der Waals surface area contributed by atoms with Crippen molar-refractivity contribution in [3.05, 3.63) is 29.8 Å². The Kier molecular flexibility index (Phi) is 10.6. The molecule has 1 heterocycles. The van der Waals surface area contributed by atoms with Crippen LogP contribution in [0.2, 0.25) is 0 Å². The van der Waals surface area contributed by atoms with Crippen molar-refractivity contribution in [2.24, 2.45) is 4.99 Å². The lowest BCUT2D eigenvalue weighted by Gasteiger charge is -2.35. The minimum atomic E-state index is 0. The number of nitrogens with zero attached hydrogens (tertiary/aromatic N) is 2. The van der Waals surface area contributed by atoms with Gasteiger partial charge in [-0.3, -0.25) is 4.99 Å². The van der Waals surface area contributed by atoms with Crippen LogP contribution in [0.1, 0.15) is 24.8 Å². The number of piperidine rings is 1. The topological polar surface area (TPSA) is 39.7 Å². The van der Waals surface area contributed by atoms with Crippen molar-refractivity contribution < 1.29 is 0 Å². The molecule has 1 aliphatic rings. The van der Waals surface area contributed by atoms with Crippen LogP contribution in [-0.4, -0.2) is 50.7 Å². The summed E-state index contributed by atoms with van der Waals surface area (Å²) in [5.74, 6) is 2.12. The number of aliphatic imine (C=N–C) groups is 1. The highest BCUT2D eigenvalue weighted by atomic mass is 127. The van der Waals surface area contributed by atoms with Crippen LogP contribution in [0.4, 0.5) is 5.69 Å². The van der Waals surface area contributed by atoms with E-state index in [-0.39, 0.29) is 24.0 Å². The van der Waals surface area contributed by atoms with Gasteiger partial charge in [0.15, 0.2) is 5.96 Å². The van der Waals surface area contributed by atoms with E-state index in [1.807, 2.05) is 18.8 Å². The summed E-state index contributed by atoms with van der Waals surface area (Å²) in [4.78, 5) is 6.83. The Hall–Kier alpha value is -0.630. The Bertz CT molecular complexity index is 492. The first-order valence-electron chi connectivity index (χ1n) is 8.50. The predicted molar refractivity (Wildman–Crippen MR) is 119 cm³/mol. The van der Waals surface area contributed by atoms with E-state index in [0.717, 1.165) is 25.6 Å². The summed E-state index contributed by atoms with van der Waals surface area (Å²) in [7, 11) is 1.85. The van der Waals surface area contributed by atoms with E-state index < -0.39 is 0 Å². The lowest BCUT2D eigenvalue weighted by atomic mass is 10.0. The minimum absolute atomic E-state index is 0. The lowest BCUT2D eigenvalue weighted by molar-refractivity contribution is 0.468. The first-order chi connectivity index (χ1) is 11.2. The molecule has 0 saturated carbocycles. The molecule has 0 bridgehead atoms. The Morgan fingerprint density at radius 3 is 2.75 bits per heavy atom. The number of hydrogen-bond acceptors (Lipinski definition) is 3. The highest BCUT2D eigenvalue weighted by Crippen LogP contribution is 2.20. The van der Waals surface area contributed by atoms with Crippen molar-refractivity contribution in [2.75, 3.05) is 43.6 Å². The summed E-state index contributed by atoms with van der Waals surface area (Å²) < 4.78 is 0. The predicted octanol–water partition coefficient (Wildman–Crippen LogP) is 3.50. The Balaban J connectivity index is 0.00000288. The number of aryl methyl sites for hydroxylation is 1. The van der Waals surface area contributed by atoms with E-state index in [1.165, 1.54) is 36.3 Å². The molecule has 0 spiro atoms. The molecule has 0 amide bonds. The zero-order valence-electron chi connectivity index (χ0n) is 15.0. The van der Waals surface area contributed by atoms with E-state index in [4.69, 9.17) is 0 Å². The Labute approximate surface area is 168 Å². The maximum atomic E-state index is 4.36. The van der Waals surface area contributed by atoms with E-state index in [0.29, 0.717) is 6.04 Å². The van der Waals surface area contributed by atoms with Gasteiger partial charge in [-0.15, -0.1) is 24.0 Å². The number of halogens is 1. The van der Waals surface area contributed by atoms with Gasteiger partial charge in [0.1, 0.15) is 0 Å². The van der Waals surface area contributed by atoms with Crippen LogP contribution in [0.25, 0.3) is 0 Å². The molecule has 0 aliphatic carbocycles. The molecule has 1 unspecified atom stereocenters. The fraction of sp³-hybridized carbons (Fsp3) is 0.611. The smallest absolute Gasteiger partial charge is 0.191 e. The summed E-state index contributed by atoms with van der Waals surface area (Å²) in [5, 5.41) is 7.00. The van der Waals surface area contributed by atoms with E-state index in [2.05, 4.69) is 58.0 Å². The van der Waals surface area contributed by atoms with Gasteiger partial charge < -0.3 is 15.5 Å². The first-order valence-corrected chi connectivity index (χ1v) is 9.90. The molecular formula is C18H31IN4S. The van der Waals surface area contributed by atoms with Gasteiger partial charge in [0.05, 0.1) is 0 Å². The fourth-order valence-corrected chi connectivity index (χ4v) is 3.33. The number of guanidine groups is 1. The number of benzene rings is 1. The molecule has 2 N–H and O–H groups in total. The monoisotopic (exact) mass is 462 g/mol. The van der Waals surface area contributed by atoms with Gasteiger partial charge >= 0.3 is 0 Å². The number of anilines is 1. The largest absolute Gasteiger partial charge is 0.369 e. The number of thioether (sulfide) groups is 1. The Morgan fingerprint density at radius 2 is 2.08 bits per heavy atom. The molecule has 6 heteroatoms. The zero-order chi connectivity index (χ0) is 16.5. The molecule has 136 valence electrons. The van der Waals surface area contributed by atoms with Gasteiger partial charge in [0.25, 0.3) is 0 Å². The second kappa shape index (κ2) is 11.8. The molecule has 0 aromatic heterocycles. The molecule has 0 radical (unpaired) electrons.